The lowest BCUT2D eigenvalue weighted by Crippen LogP contribution is -3.13. The number of rotatable bonds is 6. The predicted octanol–water partition coefficient (Wildman–Crippen LogP) is 1.28. The van der Waals surface area contributed by atoms with Crippen molar-refractivity contribution in [1.82, 2.24) is 0 Å². The molecule has 1 aliphatic heterocycles. The summed E-state index contributed by atoms with van der Waals surface area (Å²) >= 11 is 0. The van der Waals surface area contributed by atoms with Gasteiger partial charge in [-0.15, -0.1) is 0 Å². The molecule has 4 nitrogen and oxygen atoms in total. The number of esters is 1. The standard InChI is InChI=1S/C22H28N2O2/c1-2-26-21(25)22(19-6-4-3-5-7-19)13-16-24(17-14-22)15-12-18-8-10-20(23)11-9-18/h3-11H,2,12-17,23H2,1H3/p+2. The first-order valence-electron chi connectivity index (χ1n) is 9.61. The van der Waals surface area contributed by atoms with Crippen LogP contribution in [0.1, 0.15) is 30.9 Å². The molecule has 3 rings (SSSR count). The zero-order chi connectivity index (χ0) is 18.4. The number of piperidine rings is 1. The van der Waals surface area contributed by atoms with Crippen molar-refractivity contribution in [2.75, 3.05) is 26.2 Å². The summed E-state index contributed by atoms with van der Waals surface area (Å²) in [5.41, 5.74) is 6.98. The molecule has 0 spiro atoms. The maximum atomic E-state index is 12.8. The Balaban J connectivity index is 1.65. The molecule has 0 unspecified atom stereocenters. The maximum Gasteiger partial charge on any atom is 0.317 e. The lowest BCUT2D eigenvalue weighted by Gasteiger charge is -2.38. The van der Waals surface area contributed by atoms with Crippen LogP contribution in [0.5, 0.6) is 0 Å². The second kappa shape index (κ2) is 8.47. The molecule has 4 N–H and O–H groups in total. The third-order valence-electron chi connectivity index (χ3n) is 5.59. The monoisotopic (exact) mass is 354 g/mol. The largest absolute Gasteiger partial charge is 0.465 e. The van der Waals surface area contributed by atoms with Crippen molar-refractivity contribution in [2.24, 2.45) is 0 Å². The summed E-state index contributed by atoms with van der Waals surface area (Å²) in [6.45, 7) is 5.42. The van der Waals surface area contributed by atoms with Crippen molar-refractivity contribution >= 4 is 11.7 Å². The Bertz CT molecular complexity index is 705. The van der Waals surface area contributed by atoms with Gasteiger partial charge < -0.3 is 15.4 Å². The Hall–Kier alpha value is -2.17. The van der Waals surface area contributed by atoms with Crippen LogP contribution >= 0.6 is 0 Å². The van der Waals surface area contributed by atoms with Crippen molar-refractivity contribution in [1.29, 1.82) is 0 Å². The first-order chi connectivity index (χ1) is 12.6. The normalized spacial score (nSPS) is 22.8. The van der Waals surface area contributed by atoms with Crippen LogP contribution in [0.2, 0.25) is 0 Å². The van der Waals surface area contributed by atoms with Gasteiger partial charge in [0.15, 0.2) is 0 Å². The molecular weight excluding hydrogens is 324 g/mol. The number of nitrogens with one attached hydrogen (secondary N) is 1. The molecule has 0 saturated carbocycles. The van der Waals surface area contributed by atoms with Gasteiger partial charge in [0.05, 0.1) is 26.2 Å². The molecule has 2 aromatic rings. The molecule has 0 radical (unpaired) electrons. The first kappa shape index (κ1) is 18.6. The summed E-state index contributed by atoms with van der Waals surface area (Å²) in [6.07, 6.45) is 2.76. The highest BCUT2D eigenvalue weighted by Crippen LogP contribution is 2.34. The van der Waals surface area contributed by atoms with E-state index in [1.807, 2.05) is 25.1 Å². The Labute approximate surface area is 156 Å². The van der Waals surface area contributed by atoms with Gasteiger partial charge in [-0.2, -0.15) is 0 Å². The van der Waals surface area contributed by atoms with E-state index in [4.69, 9.17) is 4.74 Å². The molecule has 0 atom stereocenters. The van der Waals surface area contributed by atoms with Gasteiger partial charge in [-0.3, -0.25) is 4.79 Å². The fourth-order valence-electron chi connectivity index (χ4n) is 3.94. The lowest BCUT2D eigenvalue weighted by molar-refractivity contribution is -0.906. The van der Waals surface area contributed by atoms with Crippen molar-refractivity contribution in [3.63, 3.8) is 0 Å². The van der Waals surface area contributed by atoms with E-state index in [1.165, 1.54) is 5.56 Å². The van der Waals surface area contributed by atoms with E-state index in [1.54, 1.807) is 4.90 Å². The van der Waals surface area contributed by atoms with Crippen LogP contribution in [0, 0.1) is 0 Å². The number of ether oxygens (including phenoxy) is 1. The summed E-state index contributed by atoms with van der Waals surface area (Å²) in [7, 11) is 0. The van der Waals surface area contributed by atoms with Gasteiger partial charge >= 0.3 is 5.97 Å². The second-order valence-corrected chi connectivity index (χ2v) is 7.24. The van der Waals surface area contributed by atoms with Crippen molar-refractivity contribution in [3.8, 4) is 0 Å². The van der Waals surface area contributed by atoms with Crippen LogP contribution in [-0.4, -0.2) is 32.2 Å². The molecule has 0 aromatic heterocycles. The van der Waals surface area contributed by atoms with Gasteiger partial charge in [-0.1, -0.05) is 42.5 Å². The van der Waals surface area contributed by atoms with Crippen molar-refractivity contribution in [2.45, 2.75) is 31.6 Å². The number of hydrogen-bond acceptors (Lipinski definition) is 2. The molecule has 0 bridgehead atoms. The van der Waals surface area contributed by atoms with Gasteiger partial charge in [0.1, 0.15) is 11.1 Å². The molecule has 1 fully saturated rings. The van der Waals surface area contributed by atoms with E-state index >= 15 is 0 Å². The summed E-state index contributed by atoms with van der Waals surface area (Å²) in [6, 6.07) is 18.6. The summed E-state index contributed by atoms with van der Waals surface area (Å²) in [5.74, 6) is -0.0590. The third-order valence-corrected chi connectivity index (χ3v) is 5.59. The molecule has 138 valence electrons. The minimum atomic E-state index is -0.476. The Kier molecular flexibility index (Phi) is 6.07. The molecule has 1 aliphatic rings. The van der Waals surface area contributed by atoms with Gasteiger partial charge in [-0.25, -0.2) is 0 Å². The van der Waals surface area contributed by atoms with E-state index in [2.05, 4.69) is 42.1 Å². The third kappa shape index (κ3) is 4.14. The Morgan fingerprint density at radius 3 is 2.35 bits per heavy atom. The quantitative estimate of drug-likeness (QED) is 0.768. The minimum absolute atomic E-state index is 0.0590. The number of carbonyl (C=O) groups is 1. The van der Waals surface area contributed by atoms with Crippen molar-refractivity contribution < 1.29 is 20.2 Å². The zero-order valence-corrected chi connectivity index (χ0v) is 15.7. The number of hydrogen-bond donors (Lipinski definition) is 2. The van der Waals surface area contributed by atoms with E-state index in [0.717, 1.165) is 50.1 Å². The number of carbonyl (C=O) groups excluding carboxylic acids is 1. The van der Waals surface area contributed by atoms with Crippen LogP contribution in [0.25, 0.3) is 0 Å². The highest BCUT2D eigenvalue weighted by atomic mass is 16.5. The molecule has 26 heavy (non-hydrogen) atoms. The Morgan fingerprint density at radius 1 is 1.08 bits per heavy atom. The van der Waals surface area contributed by atoms with Crippen molar-refractivity contribution in [3.05, 3.63) is 65.7 Å². The van der Waals surface area contributed by atoms with Gasteiger partial charge in [0, 0.05) is 19.3 Å². The first-order valence-corrected chi connectivity index (χ1v) is 9.61. The SMILES string of the molecule is CCOC(=O)C1(c2ccccc2)CC[NH+](CCc2ccc([NH3+])cc2)CC1. The Morgan fingerprint density at radius 2 is 1.73 bits per heavy atom. The summed E-state index contributed by atoms with van der Waals surface area (Å²) in [4.78, 5) is 14.4. The van der Waals surface area contributed by atoms with Crippen LogP contribution in [0.4, 0.5) is 5.69 Å². The maximum absolute atomic E-state index is 12.8. The van der Waals surface area contributed by atoms with Crippen LogP contribution in [0.15, 0.2) is 54.6 Å². The lowest BCUT2D eigenvalue weighted by atomic mass is 9.72. The van der Waals surface area contributed by atoms with E-state index < -0.39 is 5.41 Å². The molecule has 0 aliphatic carbocycles. The summed E-state index contributed by atoms with van der Waals surface area (Å²) in [5, 5.41) is 0. The van der Waals surface area contributed by atoms with E-state index in [9.17, 15) is 4.79 Å². The van der Waals surface area contributed by atoms with E-state index in [-0.39, 0.29) is 5.97 Å². The zero-order valence-electron chi connectivity index (χ0n) is 15.7. The number of benzene rings is 2. The van der Waals surface area contributed by atoms with Gasteiger partial charge in [0.25, 0.3) is 0 Å². The molecule has 1 heterocycles. The molecular formula is C22H30N2O2+2. The fourth-order valence-corrected chi connectivity index (χ4v) is 3.94. The van der Waals surface area contributed by atoms with E-state index in [0.29, 0.717) is 6.61 Å². The average molecular weight is 354 g/mol. The molecule has 0 amide bonds. The van der Waals surface area contributed by atoms with Gasteiger partial charge in [-0.05, 0) is 30.2 Å². The second-order valence-electron chi connectivity index (χ2n) is 7.24. The van der Waals surface area contributed by atoms with Gasteiger partial charge in [0.2, 0.25) is 0 Å². The van der Waals surface area contributed by atoms with Crippen LogP contribution in [0.3, 0.4) is 0 Å². The topological polar surface area (TPSA) is 58.4 Å². The minimum Gasteiger partial charge on any atom is -0.465 e. The molecule has 4 heteroatoms. The molecule has 2 aromatic carbocycles. The smallest absolute Gasteiger partial charge is 0.317 e. The average Bonchev–Trinajstić information content (AvgIpc) is 2.69. The highest BCUT2D eigenvalue weighted by Gasteiger charge is 2.45. The number of likely N-dealkylation sites (tertiary alicyclic amines) is 1. The highest BCUT2D eigenvalue weighted by molar-refractivity contribution is 5.83. The predicted molar refractivity (Wildman–Crippen MR) is 102 cm³/mol. The summed E-state index contributed by atoms with van der Waals surface area (Å²) < 4.78 is 5.46. The molecule has 1 saturated heterocycles. The van der Waals surface area contributed by atoms with Crippen LogP contribution in [-0.2, 0) is 21.4 Å². The van der Waals surface area contributed by atoms with Crippen LogP contribution < -0.4 is 10.6 Å². The number of quaternary nitrogens is 2. The fraction of sp³-hybridized carbons (Fsp3) is 0.409.